The van der Waals surface area contributed by atoms with Crippen LogP contribution < -0.4 is 0 Å². The van der Waals surface area contributed by atoms with E-state index in [9.17, 15) is 8.42 Å². The van der Waals surface area contributed by atoms with Gasteiger partial charge in [0.1, 0.15) is 0 Å². The van der Waals surface area contributed by atoms with Gasteiger partial charge in [0.2, 0.25) is 10.0 Å². The molecule has 12 heavy (non-hydrogen) atoms. The van der Waals surface area contributed by atoms with Crippen molar-refractivity contribution < 1.29 is 8.42 Å². The molecule has 0 saturated carbocycles. The molecule has 0 aliphatic carbocycles. The van der Waals surface area contributed by atoms with Crippen molar-refractivity contribution in [3.63, 3.8) is 0 Å². The first-order chi connectivity index (χ1) is 5.55. The van der Waals surface area contributed by atoms with Crippen LogP contribution in [0.3, 0.4) is 0 Å². The van der Waals surface area contributed by atoms with E-state index < -0.39 is 10.0 Å². The molecular weight excluding hydrogens is 174 g/mol. The van der Waals surface area contributed by atoms with Crippen molar-refractivity contribution in [1.82, 2.24) is 4.31 Å². The van der Waals surface area contributed by atoms with Gasteiger partial charge in [0.15, 0.2) is 0 Å². The predicted octanol–water partition coefficient (Wildman–Crippen LogP) is 1.02. The average Bonchev–Trinajstić information content (AvgIpc) is 2.06. The van der Waals surface area contributed by atoms with Gasteiger partial charge < -0.3 is 0 Å². The van der Waals surface area contributed by atoms with Gasteiger partial charge in [-0.25, -0.2) is 12.7 Å². The van der Waals surface area contributed by atoms with Crippen LogP contribution in [0.1, 0.15) is 26.7 Å². The van der Waals surface area contributed by atoms with Crippen LogP contribution >= 0.6 is 0 Å². The lowest BCUT2D eigenvalue weighted by atomic mass is 10.2. The molecule has 0 bridgehead atoms. The summed E-state index contributed by atoms with van der Waals surface area (Å²) in [6.45, 7) is 4.79. The molecule has 1 heterocycles. The lowest BCUT2D eigenvalue weighted by Gasteiger charge is -2.27. The fraction of sp³-hybridized carbons (Fsp3) is 0.875. The first-order valence-corrected chi connectivity index (χ1v) is 5.86. The molecule has 0 N–H and O–H groups in total. The van der Waals surface area contributed by atoms with E-state index in [4.69, 9.17) is 0 Å². The third-order valence-corrected chi connectivity index (χ3v) is 4.40. The molecule has 0 aromatic heterocycles. The summed E-state index contributed by atoms with van der Waals surface area (Å²) in [4.78, 5) is 0. The van der Waals surface area contributed by atoms with Crippen molar-refractivity contribution in [2.75, 3.05) is 13.1 Å². The number of hydrogen-bond acceptors (Lipinski definition) is 2. The van der Waals surface area contributed by atoms with Gasteiger partial charge in [-0.15, -0.1) is 0 Å². The van der Waals surface area contributed by atoms with Crippen molar-refractivity contribution in [2.45, 2.75) is 31.9 Å². The molecule has 0 spiro atoms. The first-order valence-electron chi connectivity index (χ1n) is 4.36. The second kappa shape index (κ2) is 3.75. The van der Waals surface area contributed by atoms with Crippen LogP contribution in [0.25, 0.3) is 0 Å². The molecular formula is C8H16NO2S. The van der Waals surface area contributed by atoms with E-state index in [-0.39, 0.29) is 5.25 Å². The highest BCUT2D eigenvalue weighted by Gasteiger charge is 2.26. The zero-order valence-electron chi connectivity index (χ0n) is 7.66. The van der Waals surface area contributed by atoms with E-state index in [0.29, 0.717) is 13.1 Å². The Kier molecular flexibility index (Phi) is 3.12. The van der Waals surface area contributed by atoms with Gasteiger partial charge in [-0.3, -0.25) is 0 Å². The SMILES string of the molecule is CC(C)S(=O)(=O)N1CC[CH]CC1. The van der Waals surface area contributed by atoms with Gasteiger partial charge in [0, 0.05) is 13.1 Å². The molecule has 4 heteroatoms. The third-order valence-electron chi connectivity index (χ3n) is 2.12. The summed E-state index contributed by atoms with van der Waals surface area (Å²) >= 11 is 0. The molecule has 0 aromatic rings. The molecule has 1 rings (SSSR count). The molecule has 3 nitrogen and oxygen atoms in total. The maximum atomic E-state index is 11.6. The summed E-state index contributed by atoms with van der Waals surface area (Å²) in [5, 5.41) is -0.282. The Morgan fingerprint density at radius 3 is 2.17 bits per heavy atom. The summed E-state index contributed by atoms with van der Waals surface area (Å²) < 4.78 is 24.8. The van der Waals surface area contributed by atoms with E-state index in [1.807, 2.05) is 0 Å². The van der Waals surface area contributed by atoms with Crippen molar-refractivity contribution >= 4 is 10.0 Å². The predicted molar refractivity (Wildman–Crippen MR) is 49.2 cm³/mol. The maximum absolute atomic E-state index is 11.6. The van der Waals surface area contributed by atoms with Crippen molar-refractivity contribution in [3.05, 3.63) is 6.42 Å². The Balaban J connectivity index is 2.67. The molecule has 0 aromatic carbocycles. The second-order valence-corrected chi connectivity index (χ2v) is 5.85. The van der Waals surface area contributed by atoms with Gasteiger partial charge in [0.25, 0.3) is 0 Å². The Hall–Kier alpha value is -0.0900. The molecule has 0 atom stereocenters. The summed E-state index contributed by atoms with van der Waals surface area (Å²) in [5.41, 5.74) is 0. The molecule has 1 fully saturated rings. The minimum absolute atomic E-state index is 0.282. The van der Waals surface area contributed by atoms with Crippen LogP contribution in [0.2, 0.25) is 0 Å². The third kappa shape index (κ3) is 1.98. The number of rotatable bonds is 2. The summed E-state index contributed by atoms with van der Waals surface area (Å²) in [7, 11) is -2.99. The van der Waals surface area contributed by atoms with Gasteiger partial charge in [-0.1, -0.05) is 0 Å². The molecule has 1 saturated heterocycles. The minimum Gasteiger partial charge on any atom is -0.212 e. The Bertz CT molecular complexity index is 227. The fourth-order valence-corrected chi connectivity index (χ4v) is 2.60. The highest BCUT2D eigenvalue weighted by molar-refractivity contribution is 7.89. The van der Waals surface area contributed by atoms with E-state index in [1.54, 1.807) is 18.2 Å². The topological polar surface area (TPSA) is 37.4 Å². The molecule has 1 aliphatic heterocycles. The highest BCUT2D eigenvalue weighted by atomic mass is 32.2. The Labute approximate surface area is 74.8 Å². The zero-order chi connectivity index (χ0) is 9.19. The number of piperidine rings is 1. The average molecular weight is 190 g/mol. The van der Waals surface area contributed by atoms with Gasteiger partial charge in [-0.05, 0) is 33.1 Å². The van der Waals surface area contributed by atoms with Crippen LogP contribution in [0.15, 0.2) is 0 Å². The van der Waals surface area contributed by atoms with Crippen LogP contribution in [-0.4, -0.2) is 31.1 Å². The molecule has 71 valence electrons. The number of hydrogen-bond donors (Lipinski definition) is 0. The second-order valence-electron chi connectivity index (χ2n) is 3.36. The number of sulfonamides is 1. The molecule has 1 radical (unpaired) electrons. The molecule has 1 aliphatic rings. The van der Waals surface area contributed by atoms with E-state index in [2.05, 4.69) is 6.42 Å². The minimum atomic E-state index is -2.99. The number of nitrogens with zero attached hydrogens (tertiary/aromatic N) is 1. The van der Waals surface area contributed by atoms with Gasteiger partial charge >= 0.3 is 0 Å². The molecule has 0 unspecified atom stereocenters. The largest absolute Gasteiger partial charge is 0.216 e. The Morgan fingerprint density at radius 1 is 1.25 bits per heavy atom. The van der Waals surface area contributed by atoms with Crippen LogP contribution in [-0.2, 0) is 10.0 Å². The zero-order valence-corrected chi connectivity index (χ0v) is 8.47. The highest BCUT2D eigenvalue weighted by Crippen LogP contribution is 2.15. The van der Waals surface area contributed by atoms with Gasteiger partial charge in [0.05, 0.1) is 5.25 Å². The van der Waals surface area contributed by atoms with Crippen LogP contribution in [0, 0.1) is 6.42 Å². The van der Waals surface area contributed by atoms with E-state index in [1.165, 1.54) is 0 Å². The van der Waals surface area contributed by atoms with Crippen molar-refractivity contribution in [2.24, 2.45) is 0 Å². The quantitative estimate of drug-likeness (QED) is 0.652. The standard InChI is InChI=1S/C8H16NO2S/c1-8(2)12(10,11)9-6-4-3-5-7-9/h3,8H,4-7H2,1-2H3. The lowest BCUT2D eigenvalue weighted by molar-refractivity contribution is 0.380. The monoisotopic (exact) mass is 190 g/mol. The van der Waals surface area contributed by atoms with Gasteiger partial charge in [-0.2, -0.15) is 0 Å². The van der Waals surface area contributed by atoms with E-state index >= 15 is 0 Å². The summed E-state index contributed by atoms with van der Waals surface area (Å²) in [6.07, 6.45) is 3.93. The summed E-state index contributed by atoms with van der Waals surface area (Å²) in [6, 6.07) is 0. The van der Waals surface area contributed by atoms with E-state index in [0.717, 1.165) is 12.8 Å². The maximum Gasteiger partial charge on any atom is 0.216 e. The smallest absolute Gasteiger partial charge is 0.212 e. The normalized spacial score (nSPS) is 21.6. The molecule has 0 amide bonds. The van der Waals surface area contributed by atoms with Crippen molar-refractivity contribution in [1.29, 1.82) is 0 Å². The summed E-state index contributed by atoms with van der Waals surface area (Å²) in [5.74, 6) is 0. The first kappa shape index (κ1) is 9.99. The van der Waals surface area contributed by atoms with Crippen molar-refractivity contribution in [3.8, 4) is 0 Å². The van der Waals surface area contributed by atoms with Crippen LogP contribution in [0.5, 0.6) is 0 Å². The fourth-order valence-electron chi connectivity index (χ4n) is 1.28. The van der Waals surface area contributed by atoms with Crippen LogP contribution in [0.4, 0.5) is 0 Å². The Morgan fingerprint density at radius 2 is 1.75 bits per heavy atom. The lowest BCUT2D eigenvalue weighted by Crippen LogP contribution is -2.39.